The molecule has 1 saturated heterocycles. The van der Waals surface area contributed by atoms with E-state index in [0.29, 0.717) is 23.8 Å². The predicted octanol–water partition coefficient (Wildman–Crippen LogP) is 1.52. The lowest BCUT2D eigenvalue weighted by Crippen LogP contribution is -2.52. The number of ether oxygens (including phenoxy) is 2. The number of rotatable bonds is 5. The molecule has 1 saturated carbocycles. The van der Waals surface area contributed by atoms with Crippen LogP contribution in [0.4, 0.5) is 9.18 Å². The molecule has 0 unspecified atom stereocenters. The van der Waals surface area contributed by atoms with Crippen molar-refractivity contribution >= 4 is 23.8 Å². The van der Waals surface area contributed by atoms with Gasteiger partial charge in [-0.05, 0) is 43.7 Å². The first-order valence-electron chi connectivity index (χ1n) is 9.22. The van der Waals surface area contributed by atoms with Gasteiger partial charge in [0.05, 0.1) is 12.7 Å². The van der Waals surface area contributed by atoms with Gasteiger partial charge < -0.3 is 14.8 Å². The number of benzene rings is 1. The smallest absolute Gasteiger partial charge is 0.344 e. The first kappa shape index (κ1) is 20.6. The van der Waals surface area contributed by atoms with Crippen molar-refractivity contribution in [1.29, 1.82) is 0 Å². The van der Waals surface area contributed by atoms with Gasteiger partial charge in [0.1, 0.15) is 17.1 Å². The van der Waals surface area contributed by atoms with Gasteiger partial charge in [0, 0.05) is 6.07 Å². The first-order valence-corrected chi connectivity index (χ1v) is 9.22. The molecular weight excluding hydrogens is 385 g/mol. The van der Waals surface area contributed by atoms with Crippen molar-refractivity contribution in [2.75, 3.05) is 13.7 Å². The second-order valence-electron chi connectivity index (χ2n) is 7.29. The average Bonchev–Trinajstić information content (AvgIpc) is 2.92. The molecule has 10 heteroatoms. The number of hydrogen-bond acceptors (Lipinski definition) is 6. The normalized spacial score (nSPS) is 23.7. The number of nitrogens with zero attached hydrogens (tertiary/aromatic N) is 1. The lowest BCUT2D eigenvalue weighted by Gasteiger charge is -2.33. The van der Waals surface area contributed by atoms with Crippen LogP contribution in [0, 0.1) is 11.7 Å². The van der Waals surface area contributed by atoms with Gasteiger partial charge >= 0.3 is 12.0 Å². The average molecular weight is 407 g/mol. The van der Waals surface area contributed by atoms with Gasteiger partial charge in [0.15, 0.2) is 6.61 Å². The van der Waals surface area contributed by atoms with Crippen LogP contribution >= 0.6 is 0 Å². The van der Waals surface area contributed by atoms with Crippen LogP contribution in [0.3, 0.4) is 0 Å². The fourth-order valence-corrected chi connectivity index (χ4v) is 3.47. The van der Waals surface area contributed by atoms with Gasteiger partial charge in [0.25, 0.3) is 11.8 Å². The minimum absolute atomic E-state index is 0.224. The molecule has 0 bridgehead atoms. The lowest BCUT2D eigenvalue weighted by molar-refractivity contribution is -0.141. The minimum Gasteiger partial charge on any atom is -0.497 e. The third kappa shape index (κ3) is 4.15. The van der Waals surface area contributed by atoms with Crippen LogP contribution in [0.25, 0.3) is 0 Å². The number of halogens is 1. The number of esters is 1. The molecule has 1 aromatic rings. The van der Waals surface area contributed by atoms with Crippen LogP contribution in [0.15, 0.2) is 18.2 Å². The molecule has 1 heterocycles. The van der Waals surface area contributed by atoms with Crippen LogP contribution in [-0.2, 0) is 14.3 Å². The lowest BCUT2D eigenvalue weighted by atomic mass is 9.77. The molecule has 4 amide bonds. The molecule has 3 rings (SSSR count). The second-order valence-corrected chi connectivity index (χ2v) is 7.29. The maximum Gasteiger partial charge on any atom is 0.344 e. The summed E-state index contributed by atoms with van der Waals surface area (Å²) in [6.45, 7) is 1.29. The minimum atomic E-state index is -1.06. The molecular formula is C19H22FN3O6. The number of hydrazine groups is 1. The molecule has 0 atom stereocenters. The molecule has 1 aromatic carbocycles. The van der Waals surface area contributed by atoms with E-state index in [1.54, 1.807) is 0 Å². The Balaban J connectivity index is 1.56. The Kier molecular flexibility index (Phi) is 5.71. The number of methoxy groups -OCH3 is 1. The van der Waals surface area contributed by atoms with Crippen LogP contribution < -0.4 is 15.5 Å². The van der Waals surface area contributed by atoms with Gasteiger partial charge in [-0.3, -0.25) is 15.0 Å². The molecule has 1 aliphatic heterocycles. The van der Waals surface area contributed by atoms with Gasteiger partial charge in [-0.2, -0.15) is 5.01 Å². The number of urea groups is 1. The number of nitrogens with one attached hydrogen (secondary N) is 2. The van der Waals surface area contributed by atoms with Crippen LogP contribution in [0.2, 0.25) is 0 Å². The van der Waals surface area contributed by atoms with E-state index in [-0.39, 0.29) is 11.3 Å². The molecule has 1 aliphatic carbocycles. The van der Waals surface area contributed by atoms with Crippen molar-refractivity contribution in [1.82, 2.24) is 15.8 Å². The summed E-state index contributed by atoms with van der Waals surface area (Å²) in [5, 5.41) is 3.27. The van der Waals surface area contributed by atoms with Crippen molar-refractivity contribution in [2.45, 2.75) is 38.1 Å². The Morgan fingerprint density at radius 2 is 2.00 bits per heavy atom. The van der Waals surface area contributed by atoms with Gasteiger partial charge in [-0.15, -0.1) is 0 Å². The Morgan fingerprint density at radius 1 is 1.31 bits per heavy atom. The molecule has 1 spiro atoms. The van der Waals surface area contributed by atoms with E-state index in [4.69, 9.17) is 9.47 Å². The van der Waals surface area contributed by atoms with Gasteiger partial charge in [-0.1, -0.05) is 6.92 Å². The van der Waals surface area contributed by atoms with Crippen LogP contribution in [0.5, 0.6) is 5.75 Å². The van der Waals surface area contributed by atoms with Crippen molar-refractivity contribution in [3.63, 3.8) is 0 Å². The maximum absolute atomic E-state index is 13.9. The molecule has 29 heavy (non-hydrogen) atoms. The van der Waals surface area contributed by atoms with Crippen LogP contribution in [-0.4, -0.2) is 48.1 Å². The summed E-state index contributed by atoms with van der Waals surface area (Å²) in [4.78, 5) is 48.8. The highest BCUT2D eigenvalue weighted by molar-refractivity contribution is 6.08. The quantitative estimate of drug-likeness (QED) is 0.565. The number of carbonyl (C=O) groups excluding carboxylic acids is 4. The zero-order valence-corrected chi connectivity index (χ0v) is 16.1. The highest BCUT2D eigenvalue weighted by Gasteiger charge is 2.52. The highest BCUT2D eigenvalue weighted by atomic mass is 19.1. The zero-order valence-electron chi connectivity index (χ0n) is 16.1. The monoisotopic (exact) mass is 407 g/mol. The summed E-state index contributed by atoms with van der Waals surface area (Å²) in [6.07, 6.45) is 2.57. The van der Waals surface area contributed by atoms with Gasteiger partial charge in [-0.25, -0.2) is 14.0 Å². The van der Waals surface area contributed by atoms with E-state index in [0.717, 1.165) is 18.9 Å². The highest BCUT2D eigenvalue weighted by Crippen LogP contribution is 2.35. The number of amides is 4. The molecule has 0 aromatic heterocycles. The van der Waals surface area contributed by atoms with E-state index in [2.05, 4.69) is 17.7 Å². The van der Waals surface area contributed by atoms with E-state index in [1.165, 1.54) is 19.2 Å². The van der Waals surface area contributed by atoms with E-state index < -0.39 is 41.8 Å². The first-order chi connectivity index (χ1) is 13.8. The Morgan fingerprint density at radius 3 is 2.62 bits per heavy atom. The second kappa shape index (κ2) is 8.06. The molecule has 0 radical (unpaired) electrons. The summed E-state index contributed by atoms with van der Waals surface area (Å²) >= 11 is 0. The third-order valence-electron chi connectivity index (χ3n) is 5.26. The molecule has 9 nitrogen and oxygen atoms in total. The Hall–Kier alpha value is -3.17. The topological polar surface area (TPSA) is 114 Å². The maximum atomic E-state index is 13.9. The number of carbonyl (C=O) groups is 4. The summed E-state index contributed by atoms with van der Waals surface area (Å²) in [5.74, 6) is -2.66. The van der Waals surface area contributed by atoms with Crippen LogP contribution in [0.1, 0.15) is 43.0 Å². The summed E-state index contributed by atoms with van der Waals surface area (Å²) in [5.41, 5.74) is 0.771. The van der Waals surface area contributed by atoms with Crippen molar-refractivity contribution in [2.24, 2.45) is 5.92 Å². The third-order valence-corrected chi connectivity index (χ3v) is 5.26. The number of hydrogen-bond donors (Lipinski definition) is 2. The number of imide groups is 1. The van der Waals surface area contributed by atoms with Crippen molar-refractivity contribution in [3.05, 3.63) is 29.6 Å². The standard InChI is InChI=1S/C19H22FN3O6/c1-11-5-7-19(8-6-11)17(26)23(18(27)21-19)22-15(24)10-29-16(25)13-4-3-12(28-2)9-14(13)20/h3-4,9,11H,5-8,10H2,1-2H3,(H,21,27)(H,22,24). The Labute approximate surface area is 166 Å². The van der Waals surface area contributed by atoms with Gasteiger partial charge in [0.2, 0.25) is 0 Å². The predicted molar refractivity (Wildman–Crippen MR) is 97.1 cm³/mol. The van der Waals surface area contributed by atoms with E-state index in [1.807, 2.05) is 0 Å². The molecule has 2 N–H and O–H groups in total. The fourth-order valence-electron chi connectivity index (χ4n) is 3.47. The summed E-state index contributed by atoms with van der Waals surface area (Å²) in [6, 6.07) is 2.82. The zero-order chi connectivity index (χ0) is 21.2. The largest absolute Gasteiger partial charge is 0.497 e. The summed E-state index contributed by atoms with van der Waals surface area (Å²) < 4.78 is 23.5. The SMILES string of the molecule is COc1ccc(C(=O)OCC(=O)NN2C(=O)NC3(CCC(C)CC3)C2=O)c(F)c1. The van der Waals surface area contributed by atoms with E-state index in [9.17, 15) is 23.6 Å². The molecule has 2 aliphatic rings. The fraction of sp³-hybridized carbons (Fsp3) is 0.474. The van der Waals surface area contributed by atoms with Crippen molar-refractivity contribution < 1.29 is 33.0 Å². The molecule has 156 valence electrons. The summed E-state index contributed by atoms with van der Waals surface area (Å²) in [7, 11) is 1.35. The Bertz CT molecular complexity index is 850. The van der Waals surface area contributed by atoms with E-state index >= 15 is 0 Å². The molecule has 2 fully saturated rings. The van der Waals surface area contributed by atoms with Crippen molar-refractivity contribution in [3.8, 4) is 5.75 Å².